The van der Waals surface area contributed by atoms with Gasteiger partial charge in [0, 0.05) is 45.4 Å². The number of fused-ring (bicyclic) bond motifs is 3. The van der Waals surface area contributed by atoms with Gasteiger partial charge in [-0.15, -0.1) is 0 Å². The van der Waals surface area contributed by atoms with Gasteiger partial charge in [0.2, 0.25) is 11.6 Å². The third-order valence-corrected chi connectivity index (χ3v) is 16.0. The van der Waals surface area contributed by atoms with E-state index in [1.54, 1.807) is 24.3 Å². The van der Waals surface area contributed by atoms with Gasteiger partial charge < -0.3 is 0 Å². The largest absolute Gasteiger partial charge is 0.298 e. The lowest BCUT2D eigenvalue weighted by Crippen LogP contribution is -2.18. The van der Waals surface area contributed by atoms with Gasteiger partial charge in [-0.25, -0.2) is 15.0 Å². The Morgan fingerprint density at radius 2 is 0.598 bits per heavy atom. The van der Waals surface area contributed by atoms with Crippen LogP contribution in [0, 0.1) is 0 Å². The van der Waals surface area contributed by atoms with Gasteiger partial charge in [0.15, 0.2) is 5.78 Å². The van der Waals surface area contributed by atoms with E-state index in [-0.39, 0.29) is 17.3 Å². The maximum absolute atomic E-state index is 14.2. The minimum absolute atomic E-state index is 0.0384. The molecule has 0 amide bonds. The molecule has 3 aromatic heterocycles. The van der Waals surface area contributed by atoms with Crippen LogP contribution in [0.3, 0.4) is 0 Å². The van der Waals surface area contributed by atoms with Gasteiger partial charge in [-0.3, -0.25) is 24.0 Å². The zero-order valence-corrected chi connectivity index (χ0v) is 47.8. The maximum atomic E-state index is 14.2. The molecule has 11 aromatic rings. The van der Waals surface area contributed by atoms with Gasteiger partial charge in [-0.1, -0.05) is 218 Å². The fourth-order valence-corrected chi connectivity index (χ4v) is 11.7. The average Bonchev–Trinajstić information content (AvgIpc) is 2.71. The van der Waals surface area contributed by atoms with Crippen molar-refractivity contribution in [3.8, 4) is 67.2 Å². The molecule has 3 aliphatic carbocycles. The van der Waals surface area contributed by atoms with E-state index in [9.17, 15) is 24.0 Å². The summed E-state index contributed by atoms with van der Waals surface area (Å²) >= 11 is 0. The summed E-state index contributed by atoms with van der Waals surface area (Å²) in [4.78, 5) is 75.8. The second kappa shape index (κ2) is 26.3. The third-order valence-electron chi connectivity index (χ3n) is 16.0. The number of carbonyl (C=O) groups is 5. The second-order valence-corrected chi connectivity index (χ2v) is 21.7. The summed E-state index contributed by atoms with van der Waals surface area (Å²) in [5.74, 6) is 0.0910. The predicted octanol–water partition coefficient (Wildman–Crippen LogP) is 17.8. The molecular formula is C79H59N3O5. The molecule has 8 heteroatoms. The lowest BCUT2D eigenvalue weighted by atomic mass is 9.83. The number of nitrogens with zero attached hydrogens (tertiary/aromatic N) is 3. The Balaban J connectivity index is 0.000000182. The molecule has 0 saturated heterocycles. The van der Waals surface area contributed by atoms with E-state index < -0.39 is 0 Å². The Morgan fingerprint density at radius 1 is 0.287 bits per heavy atom. The first-order valence-electron chi connectivity index (χ1n) is 29.4. The van der Waals surface area contributed by atoms with Crippen molar-refractivity contribution < 1.29 is 24.0 Å². The Bertz CT molecular complexity index is 4220. The molecule has 8 nitrogen and oxygen atoms in total. The molecule has 0 fully saturated rings. The number of benzene rings is 8. The topological polar surface area (TPSA) is 124 Å². The molecule has 8 aromatic carbocycles. The minimum Gasteiger partial charge on any atom is -0.298 e. The van der Waals surface area contributed by atoms with Crippen molar-refractivity contribution in [2.75, 3.05) is 0 Å². The number of allylic oxidation sites excluding steroid dienone is 2. The first kappa shape index (κ1) is 56.5. The Morgan fingerprint density at radius 3 is 0.954 bits per heavy atom. The van der Waals surface area contributed by atoms with Crippen LogP contribution in [0.5, 0.6) is 0 Å². The SMILES string of the molecule is O=C1/C(=C/c2cccc(/C=C3\CCc4c(-c5ccccc5)cc(-c5ccccc5)nc4C3=O)c2)CCc2c(-c3ccccc3)cc(-c3ccccc3)nc21.O=C1CCCc2c(-c3ccccc3)cc(-c3ccccc3)nc21.O=Cc1cccc(C=O)c1. The van der Waals surface area contributed by atoms with Crippen LogP contribution >= 0.6 is 0 Å². The van der Waals surface area contributed by atoms with Gasteiger partial charge >= 0.3 is 0 Å². The molecular weight excluding hydrogens is 1070 g/mol. The van der Waals surface area contributed by atoms with E-state index in [0.717, 1.165) is 132 Å². The highest BCUT2D eigenvalue weighted by Gasteiger charge is 2.30. The molecule has 3 heterocycles. The molecule has 420 valence electrons. The number of pyridine rings is 3. The van der Waals surface area contributed by atoms with Gasteiger partial charge in [-0.05, 0) is 142 Å². The standard InChI is InChI=1S/C50H36N2O2.C21H17NO.C8H6O2/c53-49-39(24-26-41-43(35-16-5-1-6-17-35)31-45(51-47(41)49)37-20-9-3-10-21-37)29-33-14-13-15-34(28-33)30-40-25-27-42-44(36-18-7-2-8-19-36)32-46(52-48(42)50(40)54)38-22-11-4-12-23-38;23-20-13-7-12-17-18(15-8-3-1-4-9-15)14-19(22-21(17)20)16-10-5-2-6-11-16;9-5-7-2-1-3-8(4-7)6-10/h1-23,28-32H,24-27H2;1-6,8-11,14H,7,12-13H2;1-6H/b39-29+,40-30+;;. The number of rotatable bonds is 10. The van der Waals surface area contributed by atoms with Crippen LogP contribution in [0.2, 0.25) is 0 Å². The summed E-state index contributed by atoms with van der Waals surface area (Å²) in [5.41, 5.74) is 21.2. The minimum atomic E-state index is -0.0384. The summed E-state index contributed by atoms with van der Waals surface area (Å²) in [6.45, 7) is 0. The Labute approximate surface area is 506 Å². The number of aldehydes is 2. The van der Waals surface area contributed by atoms with Crippen LogP contribution in [-0.2, 0) is 19.3 Å². The quantitative estimate of drug-likeness (QED) is 0.0980. The smallest absolute Gasteiger partial charge is 0.207 e. The van der Waals surface area contributed by atoms with E-state index >= 15 is 0 Å². The predicted molar refractivity (Wildman–Crippen MR) is 348 cm³/mol. The molecule has 0 aliphatic heterocycles. The molecule has 0 unspecified atom stereocenters. The molecule has 14 rings (SSSR count). The van der Waals surface area contributed by atoms with E-state index in [1.165, 1.54) is 0 Å². The van der Waals surface area contributed by atoms with Crippen LogP contribution in [-0.4, -0.2) is 44.9 Å². The van der Waals surface area contributed by atoms with Crippen molar-refractivity contribution in [2.45, 2.75) is 44.9 Å². The first-order valence-corrected chi connectivity index (χ1v) is 29.4. The van der Waals surface area contributed by atoms with Crippen LogP contribution in [0.4, 0.5) is 0 Å². The molecule has 0 N–H and O–H groups in total. The molecule has 87 heavy (non-hydrogen) atoms. The monoisotopic (exact) mass is 1130 g/mol. The summed E-state index contributed by atoms with van der Waals surface area (Å²) in [6, 6.07) is 81.9. The third kappa shape index (κ3) is 12.8. The zero-order chi connectivity index (χ0) is 59.5. The van der Waals surface area contributed by atoms with Gasteiger partial charge in [0.25, 0.3) is 0 Å². The molecule has 0 atom stereocenters. The number of ketones is 3. The number of hydrogen-bond acceptors (Lipinski definition) is 8. The fourth-order valence-electron chi connectivity index (χ4n) is 11.7. The first-order chi connectivity index (χ1) is 42.8. The number of hydrogen-bond donors (Lipinski definition) is 0. The Kier molecular flexibility index (Phi) is 17.1. The fraction of sp³-hybridized carbons (Fsp3) is 0.0886. The van der Waals surface area contributed by atoms with E-state index in [4.69, 9.17) is 15.0 Å². The van der Waals surface area contributed by atoms with Gasteiger partial charge in [0.05, 0.1) is 17.1 Å². The van der Waals surface area contributed by atoms with Crippen molar-refractivity contribution in [1.82, 2.24) is 15.0 Å². The van der Waals surface area contributed by atoms with Crippen LogP contribution in [0.15, 0.2) is 260 Å². The summed E-state index contributed by atoms with van der Waals surface area (Å²) in [5, 5.41) is 0. The van der Waals surface area contributed by atoms with E-state index in [1.807, 2.05) is 176 Å². The van der Waals surface area contributed by atoms with Gasteiger partial charge in [-0.2, -0.15) is 0 Å². The van der Waals surface area contributed by atoms with Crippen molar-refractivity contribution in [1.29, 1.82) is 0 Å². The van der Waals surface area contributed by atoms with Crippen molar-refractivity contribution in [2.24, 2.45) is 0 Å². The van der Waals surface area contributed by atoms with E-state index in [2.05, 4.69) is 60.7 Å². The number of aromatic nitrogens is 3. The highest BCUT2D eigenvalue weighted by molar-refractivity contribution is 6.14. The zero-order valence-electron chi connectivity index (χ0n) is 47.8. The van der Waals surface area contributed by atoms with Crippen molar-refractivity contribution in [3.63, 3.8) is 0 Å². The van der Waals surface area contributed by atoms with Crippen LogP contribution < -0.4 is 0 Å². The lowest BCUT2D eigenvalue weighted by Gasteiger charge is -2.22. The Hall–Kier alpha value is -11.0. The highest BCUT2D eigenvalue weighted by Crippen LogP contribution is 2.39. The highest BCUT2D eigenvalue weighted by atomic mass is 16.1. The average molecular weight is 1130 g/mol. The summed E-state index contributed by atoms with van der Waals surface area (Å²) in [6.07, 6.45) is 10.5. The molecule has 0 radical (unpaired) electrons. The normalized spacial score (nSPS) is 14.1. The second-order valence-electron chi connectivity index (χ2n) is 21.7. The summed E-state index contributed by atoms with van der Waals surface area (Å²) in [7, 11) is 0. The maximum Gasteiger partial charge on any atom is 0.207 e. The number of Topliss-reactive ketones (excluding diaryl/α,β-unsaturated/α-hetero) is 3. The molecule has 0 saturated carbocycles. The molecule has 3 aliphatic rings. The van der Waals surface area contributed by atoms with Crippen LogP contribution in [0.1, 0.15) is 106 Å². The van der Waals surface area contributed by atoms with Crippen LogP contribution in [0.25, 0.3) is 79.3 Å². The van der Waals surface area contributed by atoms with Gasteiger partial charge in [0.1, 0.15) is 29.7 Å². The van der Waals surface area contributed by atoms with Crippen molar-refractivity contribution in [3.05, 3.63) is 316 Å². The number of carbonyl (C=O) groups excluding carboxylic acids is 5. The lowest BCUT2D eigenvalue weighted by molar-refractivity contribution is 0.0965. The van der Waals surface area contributed by atoms with E-state index in [0.29, 0.717) is 60.0 Å². The van der Waals surface area contributed by atoms with Crippen molar-refractivity contribution >= 4 is 42.1 Å². The molecule has 0 spiro atoms. The summed E-state index contributed by atoms with van der Waals surface area (Å²) < 4.78 is 0. The molecule has 0 bridgehead atoms.